The first kappa shape index (κ1) is 11.9. The summed E-state index contributed by atoms with van der Waals surface area (Å²) in [5.74, 6) is 6.68. The Balaban J connectivity index is 1.96. The number of hydrogen-bond donors (Lipinski definition) is 2. The van der Waals surface area contributed by atoms with Crippen molar-refractivity contribution in [2.45, 2.75) is 12.5 Å². The van der Waals surface area contributed by atoms with Gasteiger partial charge in [-0.1, -0.05) is 6.07 Å². The molecular formula is C13H16N6. The normalized spacial score (nSPS) is 12.9. The van der Waals surface area contributed by atoms with E-state index in [1.807, 2.05) is 52.9 Å². The molecule has 6 nitrogen and oxygen atoms in total. The van der Waals surface area contributed by atoms with Crippen molar-refractivity contribution in [2.24, 2.45) is 12.9 Å². The van der Waals surface area contributed by atoms with E-state index in [2.05, 4.69) is 15.5 Å². The predicted molar refractivity (Wildman–Crippen MR) is 72.2 cm³/mol. The molecule has 0 saturated carbocycles. The molecule has 3 heterocycles. The van der Waals surface area contributed by atoms with Crippen molar-refractivity contribution in [3.05, 3.63) is 54.4 Å². The molecule has 0 saturated heterocycles. The fraction of sp³-hybridized carbons (Fsp3) is 0.231. The van der Waals surface area contributed by atoms with Gasteiger partial charge >= 0.3 is 0 Å². The largest absolute Gasteiger partial charge is 0.338 e. The van der Waals surface area contributed by atoms with Crippen LogP contribution in [0.25, 0.3) is 5.52 Å². The zero-order chi connectivity index (χ0) is 13.2. The van der Waals surface area contributed by atoms with E-state index in [-0.39, 0.29) is 6.04 Å². The lowest BCUT2D eigenvalue weighted by molar-refractivity contribution is 0.533. The second kappa shape index (κ2) is 4.83. The first-order chi connectivity index (χ1) is 9.29. The number of fused-ring (bicyclic) bond motifs is 1. The van der Waals surface area contributed by atoms with Crippen molar-refractivity contribution < 1.29 is 0 Å². The molecule has 0 aliphatic carbocycles. The average Bonchev–Trinajstić information content (AvgIpc) is 3.03. The van der Waals surface area contributed by atoms with Crippen molar-refractivity contribution >= 4 is 5.52 Å². The molecule has 3 rings (SSSR count). The van der Waals surface area contributed by atoms with Crippen LogP contribution in [0.15, 0.2) is 43.0 Å². The van der Waals surface area contributed by atoms with Crippen LogP contribution in [0.4, 0.5) is 0 Å². The lowest BCUT2D eigenvalue weighted by atomic mass is 10.1. The number of nitrogens with two attached hydrogens (primary N) is 1. The summed E-state index contributed by atoms with van der Waals surface area (Å²) in [6.45, 7) is 0. The quantitative estimate of drug-likeness (QED) is 0.535. The van der Waals surface area contributed by atoms with E-state index in [0.29, 0.717) is 0 Å². The third-order valence-electron chi connectivity index (χ3n) is 3.34. The topological polar surface area (TPSA) is 73.2 Å². The molecule has 6 heteroatoms. The number of aryl methyl sites for hydroxylation is 1. The fourth-order valence-electron chi connectivity index (χ4n) is 2.26. The Kier molecular flexibility index (Phi) is 3.02. The number of hydrazine groups is 1. The fourth-order valence-corrected chi connectivity index (χ4v) is 2.26. The van der Waals surface area contributed by atoms with Gasteiger partial charge in [0.1, 0.15) is 5.82 Å². The highest BCUT2D eigenvalue weighted by Gasteiger charge is 2.17. The molecule has 3 aromatic rings. The number of nitrogens with zero attached hydrogens (tertiary/aromatic N) is 4. The predicted octanol–water partition coefficient (Wildman–Crippen LogP) is 0.815. The van der Waals surface area contributed by atoms with Gasteiger partial charge in [-0.05, 0) is 12.1 Å². The van der Waals surface area contributed by atoms with E-state index in [1.165, 1.54) is 0 Å². The lowest BCUT2D eigenvalue weighted by Crippen LogP contribution is -2.30. The van der Waals surface area contributed by atoms with Gasteiger partial charge in [-0.25, -0.2) is 9.50 Å². The van der Waals surface area contributed by atoms with Crippen molar-refractivity contribution in [1.82, 2.24) is 24.6 Å². The van der Waals surface area contributed by atoms with Gasteiger partial charge in [-0.15, -0.1) is 0 Å². The molecule has 0 radical (unpaired) electrons. The summed E-state index contributed by atoms with van der Waals surface area (Å²) in [5, 5.41) is 4.33. The number of aromatic nitrogens is 4. The maximum Gasteiger partial charge on any atom is 0.110 e. The smallest absolute Gasteiger partial charge is 0.110 e. The zero-order valence-electron chi connectivity index (χ0n) is 10.7. The molecule has 0 amide bonds. The minimum atomic E-state index is -0.0130. The summed E-state index contributed by atoms with van der Waals surface area (Å²) < 4.78 is 3.84. The summed E-state index contributed by atoms with van der Waals surface area (Å²) in [7, 11) is 1.98. The van der Waals surface area contributed by atoms with Crippen LogP contribution in [-0.4, -0.2) is 19.2 Å². The summed E-state index contributed by atoms with van der Waals surface area (Å²) in [6.07, 6.45) is 8.21. The van der Waals surface area contributed by atoms with Gasteiger partial charge in [-0.2, -0.15) is 5.10 Å². The third kappa shape index (κ3) is 2.11. The molecule has 3 aromatic heterocycles. The third-order valence-corrected chi connectivity index (χ3v) is 3.34. The first-order valence-electron chi connectivity index (χ1n) is 6.14. The number of hydrogen-bond acceptors (Lipinski definition) is 4. The zero-order valence-corrected chi connectivity index (χ0v) is 10.7. The second-order valence-electron chi connectivity index (χ2n) is 4.51. The number of pyridine rings is 1. The highest BCUT2D eigenvalue weighted by molar-refractivity contribution is 5.54. The molecule has 0 fully saturated rings. The minimum Gasteiger partial charge on any atom is -0.338 e. The minimum absolute atomic E-state index is 0.0130. The molecule has 1 unspecified atom stereocenters. The van der Waals surface area contributed by atoms with Crippen LogP contribution in [0.2, 0.25) is 0 Å². The van der Waals surface area contributed by atoms with Crippen molar-refractivity contribution in [2.75, 3.05) is 0 Å². The van der Waals surface area contributed by atoms with Gasteiger partial charge in [0, 0.05) is 37.6 Å². The van der Waals surface area contributed by atoms with E-state index in [1.54, 1.807) is 6.20 Å². The molecular weight excluding hydrogens is 240 g/mol. The first-order valence-corrected chi connectivity index (χ1v) is 6.14. The second-order valence-corrected chi connectivity index (χ2v) is 4.51. The van der Waals surface area contributed by atoms with Gasteiger partial charge in [0.25, 0.3) is 0 Å². The van der Waals surface area contributed by atoms with Crippen LogP contribution in [0.1, 0.15) is 17.4 Å². The van der Waals surface area contributed by atoms with Gasteiger partial charge in [0.05, 0.1) is 17.8 Å². The molecule has 19 heavy (non-hydrogen) atoms. The maximum absolute atomic E-state index is 5.70. The summed E-state index contributed by atoms with van der Waals surface area (Å²) >= 11 is 0. The van der Waals surface area contributed by atoms with Gasteiger partial charge in [0.15, 0.2) is 0 Å². The highest BCUT2D eigenvalue weighted by Crippen LogP contribution is 2.21. The maximum atomic E-state index is 5.70. The summed E-state index contributed by atoms with van der Waals surface area (Å²) in [4.78, 5) is 4.33. The van der Waals surface area contributed by atoms with Crippen molar-refractivity contribution in [3.8, 4) is 0 Å². The molecule has 3 N–H and O–H groups in total. The van der Waals surface area contributed by atoms with Crippen LogP contribution in [0.5, 0.6) is 0 Å². The molecule has 0 aliphatic rings. The molecule has 1 atom stereocenters. The number of rotatable bonds is 4. The van der Waals surface area contributed by atoms with Gasteiger partial charge in [0.2, 0.25) is 0 Å². The van der Waals surface area contributed by atoms with Crippen LogP contribution >= 0.6 is 0 Å². The van der Waals surface area contributed by atoms with Crippen LogP contribution in [0, 0.1) is 0 Å². The Labute approximate surface area is 110 Å². The monoisotopic (exact) mass is 256 g/mol. The van der Waals surface area contributed by atoms with E-state index in [4.69, 9.17) is 5.84 Å². The molecule has 0 aliphatic heterocycles. The van der Waals surface area contributed by atoms with Gasteiger partial charge < -0.3 is 4.57 Å². The standard InChI is InChI=1S/C13H16N6/c1-18-7-5-15-13(18)8-11(17-14)10-9-16-19-6-3-2-4-12(10)19/h2-7,9,11,17H,8,14H2,1H3. The van der Waals surface area contributed by atoms with E-state index < -0.39 is 0 Å². The van der Waals surface area contributed by atoms with Crippen molar-refractivity contribution in [1.29, 1.82) is 0 Å². The number of nitrogens with one attached hydrogen (secondary N) is 1. The van der Waals surface area contributed by atoms with Crippen LogP contribution < -0.4 is 11.3 Å². The number of imidazole rings is 1. The summed E-state index contributed by atoms with van der Waals surface area (Å²) in [5.41, 5.74) is 4.99. The van der Waals surface area contributed by atoms with Crippen molar-refractivity contribution in [3.63, 3.8) is 0 Å². The SMILES string of the molecule is Cn1ccnc1CC(NN)c1cnn2ccccc12. The molecule has 0 bridgehead atoms. The van der Waals surface area contributed by atoms with Crippen LogP contribution in [0.3, 0.4) is 0 Å². The molecule has 98 valence electrons. The van der Waals surface area contributed by atoms with E-state index in [0.717, 1.165) is 23.3 Å². The highest BCUT2D eigenvalue weighted by atomic mass is 15.3. The average molecular weight is 256 g/mol. The Morgan fingerprint density at radius 1 is 1.37 bits per heavy atom. The van der Waals surface area contributed by atoms with E-state index >= 15 is 0 Å². The summed E-state index contributed by atoms with van der Waals surface area (Å²) in [6, 6.07) is 5.97. The Hall–Kier alpha value is -2.18. The Morgan fingerprint density at radius 2 is 2.26 bits per heavy atom. The Morgan fingerprint density at radius 3 is 3.00 bits per heavy atom. The Bertz CT molecular complexity index is 683. The molecule has 0 spiro atoms. The lowest BCUT2D eigenvalue weighted by Gasteiger charge is -2.14. The van der Waals surface area contributed by atoms with Crippen LogP contribution in [-0.2, 0) is 13.5 Å². The molecule has 0 aromatic carbocycles. The van der Waals surface area contributed by atoms with E-state index in [9.17, 15) is 0 Å². The van der Waals surface area contributed by atoms with Gasteiger partial charge in [-0.3, -0.25) is 11.3 Å².